The van der Waals surface area contributed by atoms with E-state index in [0.717, 1.165) is 25.7 Å². The lowest BCUT2D eigenvalue weighted by atomic mass is 10.1. The molecule has 0 saturated carbocycles. The summed E-state index contributed by atoms with van der Waals surface area (Å²) in [6, 6.07) is 0. The number of alkyl halides is 1. The Labute approximate surface area is 77.2 Å². The van der Waals surface area contributed by atoms with Crippen LogP contribution in [0.25, 0.3) is 0 Å². The Kier molecular flexibility index (Phi) is 3.99. The van der Waals surface area contributed by atoms with Crippen LogP contribution in [-0.2, 0) is 9.47 Å². The van der Waals surface area contributed by atoms with E-state index in [1.165, 1.54) is 0 Å². The van der Waals surface area contributed by atoms with Gasteiger partial charge in [0.15, 0.2) is 6.10 Å². The highest BCUT2D eigenvalue weighted by Gasteiger charge is 2.35. The summed E-state index contributed by atoms with van der Waals surface area (Å²) in [6.07, 6.45) is 1.66. The van der Waals surface area contributed by atoms with Gasteiger partial charge in [-0.3, -0.25) is 0 Å². The Hall–Kier alpha value is -0.800. The molecule has 4 heteroatoms. The summed E-state index contributed by atoms with van der Waals surface area (Å²) in [4.78, 5) is 10.5. The van der Waals surface area contributed by atoms with Gasteiger partial charge in [-0.25, -0.2) is 4.79 Å². The standard InChI is InChI=1S/C9H15FO3/c1-2-3-4-5-6-7-8(10)13-9(11)12-7/h7-8H,2-6H2,1H3. The molecule has 13 heavy (non-hydrogen) atoms. The molecule has 2 unspecified atom stereocenters. The molecule has 0 aromatic rings. The first-order valence-corrected chi connectivity index (χ1v) is 4.75. The molecule has 1 heterocycles. The zero-order chi connectivity index (χ0) is 9.68. The number of halogens is 1. The second-order valence-electron chi connectivity index (χ2n) is 3.22. The molecule has 76 valence electrons. The molecular formula is C9H15FO3. The third kappa shape index (κ3) is 3.20. The molecule has 2 atom stereocenters. The van der Waals surface area contributed by atoms with Crippen LogP contribution in [0.4, 0.5) is 9.18 Å². The van der Waals surface area contributed by atoms with Crippen LogP contribution < -0.4 is 0 Å². The van der Waals surface area contributed by atoms with E-state index in [0.29, 0.717) is 6.42 Å². The van der Waals surface area contributed by atoms with Crippen molar-refractivity contribution in [3.8, 4) is 0 Å². The summed E-state index contributed by atoms with van der Waals surface area (Å²) in [5.74, 6) is 0. The van der Waals surface area contributed by atoms with Crippen LogP contribution in [0.3, 0.4) is 0 Å². The van der Waals surface area contributed by atoms with Crippen molar-refractivity contribution < 1.29 is 18.7 Å². The van der Waals surface area contributed by atoms with Gasteiger partial charge < -0.3 is 9.47 Å². The van der Waals surface area contributed by atoms with Gasteiger partial charge in [-0.15, -0.1) is 0 Å². The molecule has 0 aromatic carbocycles. The van der Waals surface area contributed by atoms with Crippen LogP contribution >= 0.6 is 0 Å². The summed E-state index contributed by atoms with van der Waals surface area (Å²) in [5, 5.41) is 0. The fourth-order valence-electron chi connectivity index (χ4n) is 1.33. The van der Waals surface area contributed by atoms with E-state index in [9.17, 15) is 9.18 Å². The zero-order valence-corrected chi connectivity index (χ0v) is 7.79. The van der Waals surface area contributed by atoms with Crippen LogP contribution in [-0.4, -0.2) is 18.6 Å². The van der Waals surface area contributed by atoms with Gasteiger partial charge in [-0.1, -0.05) is 26.2 Å². The smallest absolute Gasteiger partial charge is 0.424 e. The quantitative estimate of drug-likeness (QED) is 0.494. The number of hydrogen-bond acceptors (Lipinski definition) is 3. The largest absolute Gasteiger partial charge is 0.511 e. The third-order valence-corrected chi connectivity index (χ3v) is 2.09. The predicted molar refractivity (Wildman–Crippen MR) is 45.0 cm³/mol. The van der Waals surface area contributed by atoms with Gasteiger partial charge in [-0.05, 0) is 12.8 Å². The lowest BCUT2D eigenvalue weighted by Gasteiger charge is -2.07. The van der Waals surface area contributed by atoms with Crippen molar-refractivity contribution in [2.24, 2.45) is 0 Å². The fraction of sp³-hybridized carbons (Fsp3) is 0.889. The third-order valence-electron chi connectivity index (χ3n) is 2.09. The minimum Gasteiger partial charge on any atom is -0.424 e. The van der Waals surface area contributed by atoms with Crippen molar-refractivity contribution in [2.75, 3.05) is 0 Å². The number of hydrogen-bond donors (Lipinski definition) is 0. The average molecular weight is 190 g/mol. The lowest BCUT2D eigenvalue weighted by molar-refractivity contribution is 0.0276. The van der Waals surface area contributed by atoms with Crippen LogP contribution in [0.1, 0.15) is 39.0 Å². The molecule has 1 aliphatic rings. The molecule has 0 N–H and O–H groups in total. The highest BCUT2D eigenvalue weighted by Crippen LogP contribution is 2.21. The maximum atomic E-state index is 12.8. The van der Waals surface area contributed by atoms with Crippen molar-refractivity contribution in [2.45, 2.75) is 51.5 Å². The summed E-state index contributed by atoms with van der Waals surface area (Å²) in [7, 11) is 0. The Balaban J connectivity index is 2.11. The van der Waals surface area contributed by atoms with Crippen molar-refractivity contribution in [3.63, 3.8) is 0 Å². The number of rotatable bonds is 5. The van der Waals surface area contributed by atoms with Crippen molar-refractivity contribution >= 4 is 6.16 Å². The van der Waals surface area contributed by atoms with E-state index >= 15 is 0 Å². The summed E-state index contributed by atoms with van der Waals surface area (Å²) in [6.45, 7) is 2.11. The monoisotopic (exact) mass is 190 g/mol. The second-order valence-corrected chi connectivity index (χ2v) is 3.22. The molecule has 0 aliphatic carbocycles. The maximum absolute atomic E-state index is 12.8. The fourth-order valence-corrected chi connectivity index (χ4v) is 1.33. The van der Waals surface area contributed by atoms with Gasteiger partial charge in [0.25, 0.3) is 6.36 Å². The Morgan fingerprint density at radius 1 is 1.31 bits per heavy atom. The number of carbonyl (C=O) groups excluding carboxylic acids is 1. The Morgan fingerprint density at radius 2 is 2.08 bits per heavy atom. The molecule has 1 aliphatic heterocycles. The van der Waals surface area contributed by atoms with E-state index in [2.05, 4.69) is 16.4 Å². The van der Waals surface area contributed by atoms with Crippen molar-refractivity contribution in [1.29, 1.82) is 0 Å². The summed E-state index contributed by atoms with van der Waals surface area (Å²) >= 11 is 0. The summed E-state index contributed by atoms with van der Waals surface area (Å²) < 4.78 is 21.6. The van der Waals surface area contributed by atoms with Crippen molar-refractivity contribution in [3.05, 3.63) is 0 Å². The molecule has 0 aromatic heterocycles. The van der Waals surface area contributed by atoms with E-state index < -0.39 is 18.6 Å². The predicted octanol–water partition coefficient (Wildman–Crippen LogP) is 2.79. The van der Waals surface area contributed by atoms with Crippen LogP contribution in [0.2, 0.25) is 0 Å². The zero-order valence-electron chi connectivity index (χ0n) is 7.79. The van der Waals surface area contributed by atoms with Gasteiger partial charge in [0, 0.05) is 0 Å². The molecule has 0 spiro atoms. The minimum absolute atomic E-state index is 0.562. The van der Waals surface area contributed by atoms with Gasteiger partial charge in [0.05, 0.1) is 0 Å². The molecule has 1 fully saturated rings. The maximum Gasteiger partial charge on any atom is 0.511 e. The number of carbonyl (C=O) groups is 1. The molecule has 0 radical (unpaired) electrons. The van der Waals surface area contributed by atoms with E-state index in [4.69, 9.17) is 0 Å². The van der Waals surface area contributed by atoms with E-state index in [1.54, 1.807) is 0 Å². The average Bonchev–Trinajstić information content (AvgIpc) is 2.39. The minimum atomic E-state index is -1.56. The lowest BCUT2D eigenvalue weighted by Crippen LogP contribution is -2.17. The normalized spacial score (nSPS) is 27.1. The number of cyclic esters (lactones) is 2. The first kappa shape index (κ1) is 10.3. The second kappa shape index (κ2) is 5.04. The van der Waals surface area contributed by atoms with Crippen molar-refractivity contribution in [1.82, 2.24) is 0 Å². The Bertz CT molecular complexity index is 172. The first-order valence-electron chi connectivity index (χ1n) is 4.75. The number of ether oxygens (including phenoxy) is 2. The van der Waals surface area contributed by atoms with Gasteiger partial charge in [0.1, 0.15) is 0 Å². The van der Waals surface area contributed by atoms with Crippen LogP contribution in [0.5, 0.6) is 0 Å². The highest BCUT2D eigenvalue weighted by atomic mass is 19.1. The molecular weight excluding hydrogens is 175 g/mol. The van der Waals surface area contributed by atoms with Crippen LogP contribution in [0, 0.1) is 0 Å². The van der Waals surface area contributed by atoms with Crippen LogP contribution in [0.15, 0.2) is 0 Å². The number of unbranched alkanes of at least 4 members (excludes halogenated alkanes) is 3. The van der Waals surface area contributed by atoms with E-state index in [-0.39, 0.29) is 0 Å². The molecule has 3 nitrogen and oxygen atoms in total. The Morgan fingerprint density at radius 3 is 2.62 bits per heavy atom. The highest BCUT2D eigenvalue weighted by molar-refractivity contribution is 5.62. The molecule has 0 bridgehead atoms. The summed E-state index contributed by atoms with van der Waals surface area (Å²) in [5.41, 5.74) is 0. The SMILES string of the molecule is CCCCCCC1OC(=O)OC1F. The molecule has 1 rings (SSSR count). The molecule has 0 amide bonds. The van der Waals surface area contributed by atoms with Gasteiger partial charge in [-0.2, -0.15) is 4.39 Å². The van der Waals surface area contributed by atoms with E-state index in [1.807, 2.05) is 0 Å². The first-order chi connectivity index (χ1) is 6.24. The topological polar surface area (TPSA) is 35.5 Å². The van der Waals surface area contributed by atoms with Gasteiger partial charge in [0.2, 0.25) is 0 Å². The molecule has 1 saturated heterocycles. The van der Waals surface area contributed by atoms with Gasteiger partial charge >= 0.3 is 6.16 Å².